The molecule has 0 radical (unpaired) electrons. The summed E-state index contributed by atoms with van der Waals surface area (Å²) in [6.07, 6.45) is 5.81. The summed E-state index contributed by atoms with van der Waals surface area (Å²) in [5, 5.41) is 0. The summed E-state index contributed by atoms with van der Waals surface area (Å²) in [4.78, 5) is 11.7. The molecule has 0 amide bonds. The van der Waals surface area contributed by atoms with Crippen LogP contribution in [-0.2, 0) is 14.3 Å². The molecule has 0 aromatic carbocycles. The quantitative estimate of drug-likeness (QED) is 0.558. The summed E-state index contributed by atoms with van der Waals surface area (Å²) in [6, 6.07) is 0. The van der Waals surface area contributed by atoms with Crippen molar-refractivity contribution in [2.75, 3.05) is 7.11 Å². The Bertz CT molecular complexity index is 356. The number of ether oxygens (including phenoxy) is 2. The van der Waals surface area contributed by atoms with Crippen LogP contribution in [0.5, 0.6) is 0 Å². The summed E-state index contributed by atoms with van der Waals surface area (Å²) in [7, 11) is 1.43. The molecule has 0 saturated carbocycles. The number of hydrogen-bond donors (Lipinski definition) is 0. The van der Waals surface area contributed by atoms with E-state index in [-0.39, 0.29) is 12.1 Å². The molecule has 2 rings (SSSR count). The van der Waals surface area contributed by atoms with Crippen LogP contribution in [0.1, 0.15) is 32.6 Å². The Morgan fingerprint density at radius 1 is 1.65 bits per heavy atom. The Labute approximate surface area is 102 Å². The zero-order valence-corrected chi connectivity index (χ0v) is 10.6. The van der Waals surface area contributed by atoms with E-state index < -0.39 is 0 Å². The van der Waals surface area contributed by atoms with Gasteiger partial charge in [-0.05, 0) is 25.2 Å². The fourth-order valence-corrected chi connectivity index (χ4v) is 2.97. The maximum atomic E-state index is 11.7. The van der Waals surface area contributed by atoms with Crippen LogP contribution in [0.3, 0.4) is 0 Å². The third-order valence-electron chi connectivity index (χ3n) is 3.95. The molecule has 94 valence electrons. The minimum atomic E-state index is -0.232. The van der Waals surface area contributed by atoms with Crippen LogP contribution in [0.15, 0.2) is 24.0 Å². The van der Waals surface area contributed by atoms with Crippen LogP contribution in [0, 0.1) is 11.8 Å². The SMILES string of the molecule is C=C[C@H]1C[C@@H]2C(=C(C(=O)OC)CC[C@@H]2CC)O1. The molecular formula is C14H20O3. The molecule has 1 saturated heterocycles. The lowest BCUT2D eigenvalue weighted by Gasteiger charge is -2.28. The summed E-state index contributed by atoms with van der Waals surface area (Å²) in [5.74, 6) is 1.65. The molecule has 3 nitrogen and oxygen atoms in total. The number of carbonyl (C=O) groups excluding carboxylic acids is 1. The Balaban J connectivity index is 2.31. The van der Waals surface area contributed by atoms with E-state index in [2.05, 4.69) is 13.5 Å². The second-order valence-corrected chi connectivity index (χ2v) is 4.78. The third-order valence-corrected chi connectivity index (χ3v) is 3.95. The van der Waals surface area contributed by atoms with E-state index in [0.717, 1.165) is 37.0 Å². The van der Waals surface area contributed by atoms with E-state index >= 15 is 0 Å². The highest BCUT2D eigenvalue weighted by molar-refractivity contribution is 5.89. The van der Waals surface area contributed by atoms with Gasteiger partial charge in [-0.2, -0.15) is 0 Å². The Hall–Kier alpha value is -1.25. The zero-order valence-electron chi connectivity index (χ0n) is 10.6. The minimum Gasteiger partial charge on any atom is -0.490 e. The van der Waals surface area contributed by atoms with Gasteiger partial charge in [0.1, 0.15) is 11.9 Å². The van der Waals surface area contributed by atoms with Crippen LogP contribution in [0.2, 0.25) is 0 Å². The van der Waals surface area contributed by atoms with Crippen molar-refractivity contribution < 1.29 is 14.3 Å². The first-order valence-electron chi connectivity index (χ1n) is 6.31. The number of rotatable bonds is 3. The van der Waals surface area contributed by atoms with Crippen LogP contribution < -0.4 is 0 Å². The van der Waals surface area contributed by atoms with Gasteiger partial charge in [-0.15, -0.1) is 0 Å². The Morgan fingerprint density at radius 3 is 3.00 bits per heavy atom. The second-order valence-electron chi connectivity index (χ2n) is 4.78. The second kappa shape index (κ2) is 4.94. The van der Waals surface area contributed by atoms with Gasteiger partial charge in [-0.25, -0.2) is 4.79 Å². The monoisotopic (exact) mass is 236 g/mol. The molecule has 0 spiro atoms. The predicted molar refractivity (Wildman–Crippen MR) is 65.2 cm³/mol. The molecular weight excluding hydrogens is 216 g/mol. The van der Waals surface area contributed by atoms with Crippen LogP contribution in [-0.4, -0.2) is 19.2 Å². The first kappa shape index (κ1) is 12.2. The molecule has 0 bridgehead atoms. The zero-order chi connectivity index (χ0) is 12.4. The van der Waals surface area contributed by atoms with E-state index in [0.29, 0.717) is 11.8 Å². The molecule has 1 fully saturated rings. The standard InChI is InChI=1S/C14H20O3/c1-4-9-6-7-11(14(15)16-3)13-12(9)8-10(5-2)17-13/h5,9-10,12H,2,4,6-8H2,1,3H3/t9-,10-,12-/m0/s1. The van der Waals surface area contributed by atoms with Crippen molar-refractivity contribution in [3.05, 3.63) is 24.0 Å². The van der Waals surface area contributed by atoms with E-state index in [1.807, 2.05) is 6.08 Å². The minimum absolute atomic E-state index is 0.0572. The van der Waals surface area contributed by atoms with Crippen molar-refractivity contribution in [1.82, 2.24) is 0 Å². The van der Waals surface area contributed by atoms with Gasteiger partial charge in [0, 0.05) is 5.92 Å². The first-order chi connectivity index (χ1) is 8.21. The molecule has 17 heavy (non-hydrogen) atoms. The van der Waals surface area contributed by atoms with Crippen molar-refractivity contribution in [2.24, 2.45) is 11.8 Å². The summed E-state index contributed by atoms with van der Waals surface area (Å²) < 4.78 is 10.7. The average molecular weight is 236 g/mol. The van der Waals surface area contributed by atoms with Crippen molar-refractivity contribution >= 4 is 5.97 Å². The van der Waals surface area contributed by atoms with Gasteiger partial charge in [-0.3, -0.25) is 0 Å². The fourth-order valence-electron chi connectivity index (χ4n) is 2.97. The number of allylic oxidation sites excluding steroid dienone is 1. The van der Waals surface area contributed by atoms with Gasteiger partial charge in [0.2, 0.25) is 0 Å². The third kappa shape index (κ3) is 2.11. The van der Waals surface area contributed by atoms with Crippen molar-refractivity contribution in [1.29, 1.82) is 0 Å². The van der Waals surface area contributed by atoms with Gasteiger partial charge in [-0.1, -0.05) is 26.0 Å². The van der Waals surface area contributed by atoms with Gasteiger partial charge >= 0.3 is 5.97 Å². The lowest BCUT2D eigenvalue weighted by Crippen LogP contribution is -2.23. The van der Waals surface area contributed by atoms with Crippen molar-refractivity contribution in [2.45, 2.75) is 38.7 Å². The molecule has 0 N–H and O–H groups in total. The number of carbonyl (C=O) groups is 1. The highest BCUT2D eigenvalue weighted by atomic mass is 16.5. The molecule has 0 unspecified atom stereocenters. The van der Waals surface area contributed by atoms with Gasteiger partial charge in [0.25, 0.3) is 0 Å². The van der Waals surface area contributed by atoms with E-state index in [4.69, 9.17) is 9.47 Å². The fraction of sp³-hybridized carbons (Fsp3) is 0.643. The van der Waals surface area contributed by atoms with E-state index in [9.17, 15) is 4.79 Å². The lowest BCUT2D eigenvalue weighted by atomic mass is 9.77. The number of methoxy groups -OCH3 is 1. The van der Waals surface area contributed by atoms with Gasteiger partial charge in [0.05, 0.1) is 12.7 Å². The number of esters is 1. The maximum Gasteiger partial charge on any atom is 0.337 e. The number of fused-ring (bicyclic) bond motifs is 1. The van der Waals surface area contributed by atoms with E-state index in [1.54, 1.807) is 0 Å². The highest BCUT2D eigenvalue weighted by Gasteiger charge is 2.41. The molecule has 2 aliphatic rings. The van der Waals surface area contributed by atoms with Crippen LogP contribution >= 0.6 is 0 Å². The molecule has 0 aromatic heterocycles. The molecule has 3 heteroatoms. The Kier molecular flexibility index (Phi) is 3.55. The van der Waals surface area contributed by atoms with E-state index in [1.165, 1.54) is 7.11 Å². The summed E-state index contributed by atoms with van der Waals surface area (Å²) in [6.45, 7) is 5.98. The molecule has 3 atom stereocenters. The molecule has 0 aromatic rings. The normalized spacial score (nSPS) is 31.8. The highest BCUT2D eigenvalue weighted by Crippen LogP contribution is 2.45. The molecule has 1 heterocycles. The summed E-state index contributed by atoms with van der Waals surface area (Å²) in [5.41, 5.74) is 0.742. The summed E-state index contributed by atoms with van der Waals surface area (Å²) >= 11 is 0. The predicted octanol–water partition coefficient (Wildman–Crippen LogP) is 2.82. The topological polar surface area (TPSA) is 35.5 Å². The number of hydrogen-bond acceptors (Lipinski definition) is 3. The molecule has 1 aliphatic carbocycles. The smallest absolute Gasteiger partial charge is 0.337 e. The Morgan fingerprint density at radius 2 is 2.41 bits per heavy atom. The average Bonchev–Trinajstić information content (AvgIpc) is 2.80. The van der Waals surface area contributed by atoms with Gasteiger partial charge in [0.15, 0.2) is 0 Å². The molecule has 1 aliphatic heterocycles. The largest absolute Gasteiger partial charge is 0.490 e. The van der Waals surface area contributed by atoms with Crippen molar-refractivity contribution in [3.8, 4) is 0 Å². The van der Waals surface area contributed by atoms with Crippen molar-refractivity contribution in [3.63, 3.8) is 0 Å². The maximum absolute atomic E-state index is 11.7. The van der Waals surface area contributed by atoms with Gasteiger partial charge < -0.3 is 9.47 Å². The van der Waals surface area contributed by atoms with Crippen LogP contribution in [0.4, 0.5) is 0 Å². The van der Waals surface area contributed by atoms with Crippen LogP contribution in [0.25, 0.3) is 0 Å². The first-order valence-corrected chi connectivity index (χ1v) is 6.31. The lowest BCUT2D eigenvalue weighted by molar-refractivity contribution is -0.136.